The van der Waals surface area contributed by atoms with E-state index in [4.69, 9.17) is 12.2 Å². The molecule has 26 heavy (non-hydrogen) atoms. The first-order valence-corrected chi connectivity index (χ1v) is 9.34. The second-order valence-electron chi connectivity index (χ2n) is 6.40. The molecule has 3 aromatic carbocycles. The average molecular weight is 361 g/mol. The Morgan fingerprint density at radius 2 is 1.46 bits per heavy atom. The van der Waals surface area contributed by atoms with Gasteiger partial charge in [-0.2, -0.15) is 0 Å². The Labute approximate surface area is 161 Å². The molecule has 0 radical (unpaired) electrons. The monoisotopic (exact) mass is 360 g/mol. The molecule has 0 aliphatic rings. The highest BCUT2D eigenvalue weighted by atomic mass is 32.1. The van der Waals surface area contributed by atoms with Gasteiger partial charge >= 0.3 is 0 Å². The Morgan fingerprint density at radius 1 is 0.846 bits per heavy atom. The summed E-state index contributed by atoms with van der Waals surface area (Å²) < 4.78 is 0. The fourth-order valence-corrected chi connectivity index (χ4v) is 3.12. The van der Waals surface area contributed by atoms with Crippen LogP contribution in [-0.4, -0.2) is 5.11 Å². The Bertz CT molecular complexity index is 840. The van der Waals surface area contributed by atoms with Gasteiger partial charge in [-0.15, -0.1) is 0 Å². The molecular weight excluding hydrogens is 336 g/mol. The summed E-state index contributed by atoms with van der Waals surface area (Å²) in [5, 5.41) is 7.38. The molecule has 2 nitrogen and oxygen atoms in total. The summed E-state index contributed by atoms with van der Waals surface area (Å²) in [7, 11) is 0. The van der Waals surface area contributed by atoms with Crippen LogP contribution in [0.5, 0.6) is 0 Å². The molecule has 0 saturated heterocycles. The quantitative estimate of drug-likeness (QED) is 0.576. The molecule has 0 spiro atoms. The number of hydrogen-bond donors (Lipinski definition) is 2. The van der Waals surface area contributed by atoms with Gasteiger partial charge in [0.2, 0.25) is 0 Å². The Balaban J connectivity index is 1.78. The van der Waals surface area contributed by atoms with Crippen molar-refractivity contribution < 1.29 is 0 Å². The van der Waals surface area contributed by atoms with E-state index in [1.54, 1.807) is 0 Å². The van der Waals surface area contributed by atoms with Crippen LogP contribution in [0.1, 0.15) is 35.2 Å². The van der Waals surface area contributed by atoms with Gasteiger partial charge in [-0.3, -0.25) is 0 Å². The van der Waals surface area contributed by atoms with E-state index in [1.165, 1.54) is 22.3 Å². The minimum absolute atomic E-state index is 0.00622. The van der Waals surface area contributed by atoms with Crippen LogP contribution < -0.4 is 10.6 Å². The predicted molar refractivity (Wildman–Crippen MR) is 115 cm³/mol. The number of thiocarbonyl (C=S) groups is 1. The van der Waals surface area contributed by atoms with Crippen molar-refractivity contribution in [2.45, 2.75) is 26.3 Å². The number of rotatable bonds is 5. The Hall–Kier alpha value is -2.65. The van der Waals surface area contributed by atoms with Crippen LogP contribution in [0.2, 0.25) is 0 Å². The van der Waals surface area contributed by atoms with Crippen molar-refractivity contribution in [3.63, 3.8) is 0 Å². The molecule has 0 aliphatic carbocycles. The van der Waals surface area contributed by atoms with E-state index in [0.29, 0.717) is 5.11 Å². The summed E-state index contributed by atoms with van der Waals surface area (Å²) in [4.78, 5) is 0. The fraction of sp³-hybridized carbons (Fsp3) is 0.174. The summed E-state index contributed by atoms with van der Waals surface area (Å²) >= 11 is 5.58. The molecule has 3 rings (SSSR count). The van der Waals surface area contributed by atoms with Crippen LogP contribution in [0.15, 0.2) is 78.9 Å². The standard InChI is InChI=1S/C23H24N2S/c1-3-18-11-15-21(16-12-18)24-23(26)25-22(19-7-5-4-6-8-19)20-13-9-17(2)10-14-20/h4-16,22H,3H2,1-2H3,(H2,24,25,26). The van der Waals surface area contributed by atoms with Crippen molar-refractivity contribution in [1.82, 2.24) is 5.32 Å². The Morgan fingerprint density at radius 3 is 2.08 bits per heavy atom. The summed E-state index contributed by atoms with van der Waals surface area (Å²) in [6.07, 6.45) is 1.03. The minimum atomic E-state index is 0.00622. The van der Waals surface area contributed by atoms with Crippen molar-refractivity contribution in [3.05, 3.63) is 101 Å². The minimum Gasteiger partial charge on any atom is -0.352 e. The van der Waals surface area contributed by atoms with Crippen molar-refractivity contribution in [3.8, 4) is 0 Å². The number of nitrogens with one attached hydrogen (secondary N) is 2. The molecule has 0 heterocycles. The average Bonchev–Trinajstić information content (AvgIpc) is 2.68. The maximum atomic E-state index is 5.58. The molecule has 3 aromatic rings. The van der Waals surface area contributed by atoms with Gasteiger partial charge in [0, 0.05) is 5.69 Å². The first-order valence-electron chi connectivity index (χ1n) is 8.93. The van der Waals surface area contributed by atoms with Gasteiger partial charge in [0.1, 0.15) is 0 Å². The normalized spacial score (nSPS) is 11.6. The molecule has 0 fully saturated rings. The number of benzene rings is 3. The molecule has 0 bridgehead atoms. The van der Waals surface area contributed by atoms with Crippen LogP contribution in [0.3, 0.4) is 0 Å². The van der Waals surface area contributed by atoms with E-state index in [9.17, 15) is 0 Å². The molecule has 0 amide bonds. The lowest BCUT2D eigenvalue weighted by atomic mass is 9.98. The lowest BCUT2D eigenvalue weighted by molar-refractivity contribution is 0.768. The van der Waals surface area contributed by atoms with E-state index < -0.39 is 0 Å². The van der Waals surface area contributed by atoms with Crippen LogP contribution in [-0.2, 0) is 6.42 Å². The summed E-state index contributed by atoms with van der Waals surface area (Å²) in [5.74, 6) is 0. The van der Waals surface area contributed by atoms with Crippen LogP contribution in [0.4, 0.5) is 5.69 Å². The number of anilines is 1. The van der Waals surface area contributed by atoms with Gasteiger partial charge in [0.25, 0.3) is 0 Å². The van der Waals surface area contributed by atoms with Gasteiger partial charge in [-0.1, -0.05) is 79.2 Å². The third-order valence-corrected chi connectivity index (χ3v) is 4.66. The largest absolute Gasteiger partial charge is 0.352 e. The van der Waals surface area contributed by atoms with E-state index in [-0.39, 0.29) is 6.04 Å². The lowest BCUT2D eigenvalue weighted by Crippen LogP contribution is -2.33. The van der Waals surface area contributed by atoms with Gasteiger partial charge in [0.15, 0.2) is 5.11 Å². The van der Waals surface area contributed by atoms with Crippen LogP contribution in [0, 0.1) is 6.92 Å². The topological polar surface area (TPSA) is 24.1 Å². The van der Waals surface area contributed by atoms with E-state index in [0.717, 1.165) is 12.1 Å². The number of aryl methyl sites for hydroxylation is 2. The van der Waals surface area contributed by atoms with Crippen molar-refractivity contribution in [2.75, 3.05) is 5.32 Å². The third-order valence-electron chi connectivity index (χ3n) is 4.44. The summed E-state index contributed by atoms with van der Waals surface area (Å²) in [6, 6.07) is 27.3. The van der Waals surface area contributed by atoms with Crippen molar-refractivity contribution in [1.29, 1.82) is 0 Å². The predicted octanol–water partition coefficient (Wildman–Crippen LogP) is 5.63. The maximum absolute atomic E-state index is 5.58. The third kappa shape index (κ3) is 4.70. The highest BCUT2D eigenvalue weighted by Gasteiger charge is 2.15. The molecule has 1 unspecified atom stereocenters. The fourth-order valence-electron chi connectivity index (χ4n) is 2.89. The highest BCUT2D eigenvalue weighted by molar-refractivity contribution is 7.80. The zero-order chi connectivity index (χ0) is 18.4. The molecule has 0 aromatic heterocycles. The lowest BCUT2D eigenvalue weighted by Gasteiger charge is -2.22. The Kier molecular flexibility index (Phi) is 6.03. The van der Waals surface area contributed by atoms with Crippen molar-refractivity contribution in [2.24, 2.45) is 0 Å². The molecule has 1 atom stereocenters. The van der Waals surface area contributed by atoms with Gasteiger partial charge in [0.05, 0.1) is 6.04 Å². The van der Waals surface area contributed by atoms with E-state index >= 15 is 0 Å². The smallest absolute Gasteiger partial charge is 0.171 e. The zero-order valence-corrected chi connectivity index (χ0v) is 16.0. The van der Waals surface area contributed by atoms with Gasteiger partial charge < -0.3 is 10.6 Å². The SMILES string of the molecule is CCc1ccc(NC(=S)NC(c2ccccc2)c2ccc(C)cc2)cc1. The van der Waals surface area contributed by atoms with Gasteiger partial charge in [-0.05, 0) is 54.4 Å². The van der Waals surface area contributed by atoms with E-state index in [2.05, 4.69) is 97.3 Å². The summed E-state index contributed by atoms with van der Waals surface area (Å²) in [5.41, 5.74) is 5.93. The highest BCUT2D eigenvalue weighted by Crippen LogP contribution is 2.22. The molecule has 0 aliphatic heterocycles. The zero-order valence-electron chi connectivity index (χ0n) is 15.2. The first-order chi connectivity index (χ1) is 12.7. The second-order valence-corrected chi connectivity index (χ2v) is 6.81. The molecule has 2 N–H and O–H groups in total. The molecule has 3 heteroatoms. The van der Waals surface area contributed by atoms with E-state index in [1.807, 2.05) is 6.07 Å². The number of hydrogen-bond acceptors (Lipinski definition) is 1. The molecule has 132 valence electrons. The summed E-state index contributed by atoms with van der Waals surface area (Å²) in [6.45, 7) is 4.25. The second kappa shape index (κ2) is 8.63. The van der Waals surface area contributed by atoms with Crippen molar-refractivity contribution >= 4 is 23.0 Å². The van der Waals surface area contributed by atoms with Crippen LogP contribution in [0.25, 0.3) is 0 Å². The molecule has 0 saturated carbocycles. The molecular formula is C23H24N2S. The van der Waals surface area contributed by atoms with Gasteiger partial charge in [-0.25, -0.2) is 0 Å². The first kappa shape index (κ1) is 18.2. The maximum Gasteiger partial charge on any atom is 0.171 e. The van der Waals surface area contributed by atoms with Crippen LogP contribution >= 0.6 is 12.2 Å².